The Labute approximate surface area is 121 Å². The zero-order valence-corrected chi connectivity index (χ0v) is 12.0. The van der Waals surface area contributed by atoms with Crippen LogP contribution in [0.25, 0.3) is 0 Å². The number of ether oxygens (including phenoxy) is 1. The predicted molar refractivity (Wildman–Crippen MR) is 74.6 cm³/mol. The van der Waals surface area contributed by atoms with Gasteiger partial charge in [0.2, 0.25) is 0 Å². The van der Waals surface area contributed by atoms with E-state index in [9.17, 15) is 4.79 Å². The van der Waals surface area contributed by atoms with Gasteiger partial charge in [0.1, 0.15) is 5.69 Å². The molecule has 2 aromatic heterocycles. The highest BCUT2D eigenvalue weighted by atomic mass is 32.1. The van der Waals surface area contributed by atoms with Crippen molar-refractivity contribution in [3.8, 4) is 0 Å². The van der Waals surface area contributed by atoms with Crippen molar-refractivity contribution >= 4 is 17.2 Å². The summed E-state index contributed by atoms with van der Waals surface area (Å²) in [5, 5.41) is 12.0. The second-order valence-electron chi connectivity index (χ2n) is 4.83. The Bertz CT molecular complexity index is 581. The topological polar surface area (TPSA) is 60.2 Å². The Morgan fingerprint density at radius 1 is 1.60 bits per heavy atom. The first-order valence-electron chi connectivity index (χ1n) is 6.49. The fourth-order valence-electron chi connectivity index (χ4n) is 2.42. The first-order valence-corrected chi connectivity index (χ1v) is 7.43. The van der Waals surface area contributed by atoms with Gasteiger partial charge in [0.25, 0.3) is 5.91 Å². The molecule has 1 aliphatic heterocycles. The molecule has 3 rings (SSSR count). The number of thiophene rings is 1. The summed E-state index contributed by atoms with van der Waals surface area (Å²) in [7, 11) is 1.63. The molecule has 0 N–H and O–H groups in total. The number of amides is 1. The molecule has 1 saturated heterocycles. The van der Waals surface area contributed by atoms with Crippen LogP contribution in [0.4, 0.5) is 0 Å². The Kier molecular flexibility index (Phi) is 3.79. The van der Waals surface area contributed by atoms with E-state index in [0.717, 1.165) is 24.2 Å². The SMILES string of the molecule is COCc1cn([C@@H]2CCN(C(=O)c3ccsc3)C2)nn1. The lowest BCUT2D eigenvalue weighted by Gasteiger charge is -2.15. The van der Waals surface area contributed by atoms with E-state index < -0.39 is 0 Å². The summed E-state index contributed by atoms with van der Waals surface area (Å²) in [6.07, 6.45) is 2.80. The average Bonchev–Trinajstić information content (AvgIpc) is 3.19. The molecule has 1 atom stereocenters. The molecule has 7 heteroatoms. The van der Waals surface area contributed by atoms with Gasteiger partial charge in [-0.1, -0.05) is 5.21 Å². The monoisotopic (exact) mass is 292 g/mol. The second kappa shape index (κ2) is 5.72. The summed E-state index contributed by atoms with van der Waals surface area (Å²) in [4.78, 5) is 14.1. The molecule has 106 valence electrons. The van der Waals surface area contributed by atoms with E-state index in [1.54, 1.807) is 18.4 Å². The number of carbonyl (C=O) groups excluding carboxylic acids is 1. The van der Waals surface area contributed by atoms with E-state index in [1.165, 1.54) is 0 Å². The molecule has 20 heavy (non-hydrogen) atoms. The van der Waals surface area contributed by atoms with Crippen LogP contribution in [-0.4, -0.2) is 46.0 Å². The molecule has 3 heterocycles. The van der Waals surface area contributed by atoms with E-state index in [0.29, 0.717) is 13.2 Å². The third kappa shape index (κ3) is 2.59. The molecule has 0 aliphatic carbocycles. The highest BCUT2D eigenvalue weighted by Crippen LogP contribution is 2.23. The first-order chi connectivity index (χ1) is 9.78. The van der Waals surface area contributed by atoms with E-state index in [-0.39, 0.29) is 11.9 Å². The number of hydrogen-bond donors (Lipinski definition) is 0. The molecule has 6 nitrogen and oxygen atoms in total. The van der Waals surface area contributed by atoms with Crippen molar-refractivity contribution in [3.63, 3.8) is 0 Å². The highest BCUT2D eigenvalue weighted by Gasteiger charge is 2.28. The molecule has 0 spiro atoms. The van der Waals surface area contributed by atoms with Crippen LogP contribution in [-0.2, 0) is 11.3 Å². The molecule has 2 aromatic rings. The summed E-state index contributed by atoms with van der Waals surface area (Å²) in [6, 6.07) is 2.07. The summed E-state index contributed by atoms with van der Waals surface area (Å²) in [6.45, 7) is 1.91. The fraction of sp³-hybridized carbons (Fsp3) is 0.462. The second-order valence-corrected chi connectivity index (χ2v) is 5.61. The number of aromatic nitrogens is 3. The minimum Gasteiger partial charge on any atom is -0.378 e. The summed E-state index contributed by atoms with van der Waals surface area (Å²) < 4.78 is 6.88. The number of hydrogen-bond acceptors (Lipinski definition) is 5. The Balaban J connectivity index is 1.65. The quantitative estimate of drug-likeness (QED) is 0.858. The van der Waals surface area contributed by atoms with Crippen molar-refractivity contribution in [1.29, 1.82) is 0 Å². The maximum Gasteiger partial charge on any atom is 0.254 e. The van der Waals surface area contributed by atoms with Crippen molar-refractivity contribution in [1.82, 2.24) is 19.9 Å². The minimum atomic E-state index is 0.103. The summed E-state index contributed by atoms with van der Waals surface area (Å²) in [5.74, 6) is 0.103. The first kappa shape index (κ1) is 13.3. The van der Waals surface area contributed by atoms with Crippen molar-refractivity contribution in [2.24, 2.45) is 0 Å². The van der Waals surface area contributed by atoms with E-state index in [2.05, 4.69) is 10.3 Å². The molecule has 0 bridgehead atoms. The van der Waals surface area contributed by atoms with Crippen molar-refractivity contribution < 1.29 is 9.53 Å². The van der Waals surface area contributed by atoms with Gasteiger partial charge < -0.3 is 9.64 Å². The van der Waals surface area contributed by atoms with Crippen LogP contribution < -0.4 is 0 Å². The Hall–Kier alpha value is -1.73. The van der Waals surface area contributed by atoms with Crippen LogP contribution in [0.5, 0.6) is 0 Å². The maximum absolute atomic E-state index is 12.3. The third-order valence-corrected chi connectivity index (χ3v) is 4.13. The van der Waals surface area contributed by atoms with E-state index >= 15 is 0 Å². The Morgan fingerprint density at radius 2 is 2.50 bits per heavy atom. The van der Waals surface area contributed by atoms with Crippen molar-refractivity contribution in [2.75, 3.05) is 20.2 Å². The van der Waals surface area contributed by atoms with E-state index in [1.807, 2.05) is 32.6 Å². The van der Waals surface area contributed by atoms with Crippen molar-refractivity contribution in [2.45, 2.75) is 19.1 Å². The average molecular weight is 292 g/mol. The van der Waals surface area contributed by atoms with Crippen LogP contribution in [0.2, 0.25) is 0 Å². The van der Waals surface area contributed by atoms with Gasteiger partial charge in [-0.05, 0) is 17.9 Å². The molecule has 1 fully saturated rings. The van der Waals surface area contributed by atoms with Crippen LogP contribution in [0, 0.1) is 0 Å². The zero-order valence-electron chi connectivity index (χ0n) is 11.2. The van der Waals surface area contributed by atoms with Crippen LogP contribution in [0.3, 0.4) is 0 Å². The molecule has 1 amide bonds. The number of rotatable bonds is 4. The number of methoxy groups -OCH3 is 1. The summed E-state index contributed by atoms with van der Waals surface area (Å²) >= 11 is 1.54. The van der Waals surface area contributed by atoms with Crippen LogP contribution in [0.15, 0.2) is 23.0 Å². The molecular weight excluding hydrogens is 276 g/mol. The van der Waals surface area contributed by atoms with Crippen LogP contribution >= 0.6 is 11.3 Å². The standard InChI is InChI=1S/C13H16N4O2S/c1-19-8-11-6-17(15-14-11)12-2-4-16(7-12)13(18)10-3-5-20-9-10/h3,5-6,9,12H,2,4,7-8H2,1H3/t12-/m1/s1. The summed E-state index contributed by atoms with van der Waals surface area (Å²) in [5.41, 5.74) is 1.59. The van der Waals surface area contributed by atoms with Gasteiger partial charge in [0.05, 0.1) is 24.4 Å². The number of nitrogens with zero attached hydrogens (tertiary/aromatic N) is 4. The van der Waals surface area contributed by atoms with Gasteiger partial charge in [-0.25, -0.2) is 4.68 Å². The lowest BCUT2D eigenvalue weighted by molar-refractivity contribution is 0.0787. The van der Waals surface area contributed by atoms with Gasteiger partial charge in [-0.2, -0.15) is 11.3 Å². The van der Waals surface area contributed by atoms with Gasteiger partial charge >= 0.3 is 0 Å². The normalized spacial score (nSPS) is 18.6. The third-order valence-electron chi connectivity index (χ3n) is 3.44. The fourth-order valence-corrected chi connectivity index (χ4v) is 3.05. The number of carbonyl (C=O) groups is 1. The number of likely N-dealkylation sites (tertiary alicyclic amines) is 1. The largest absolute Gasteiger partial charge is 0.378 e. The predicted octanol–water partition coefficient (Wildman–Crippen LogP) is 1.57. The van der Waals surface area contributed by atoms with Gasteiger partial charge in [-0.15, -0.1) is 5.10 Å². The molecule has 0 radical (unpaired) electrons. The molecule has 1 aliphatic rings. The smallest absolute Gasteiger partial charge is 0.254 e. The molecular formula is C13H16N4O2S. The maximum atomic E-state index is 12.3. The van der Waals surface area contributed by atoms with Gasteiger partial charge in [-0.3, -0.25) is 4.79 Å². The van der Waals surface area contributed by atoms with Crippen molar-refractivity contribution in [3.05, 3.63) is 34.3 Å². The minimum absolute atomic E-state index is 0.103. The molecule has 0 aromatic carbocycles. The molecule has 0 unspecified atom stereocenters. The van der Waals surface area contributed by atoms with Crippen LogP contribution in [0.1, 0.15) is 28.5 Å². The van der Waals surface area contributed by atoms with Gasteiger partial charge in [0.15, 0.2) is 0 Å². The van der Waals surface area contributed by atoms with Gasteiger partial charge in [0, 0.05) is 25.6 Å². The molecule has 0 saturated carbocycles. The Morgan fingerprint density at radius 3 is 3.25 bits per heavy atom. The highest BCUT2D eigenvalue weighted by molar-refractivity contribution is 7.08. The zero-order chi connectivity index (χ0) is 13.9. The lowest BCUT2D eigenvalue weighted by Crippen LogP contribution is -2.28. The van der Waals surface area contributed by atoms with E-state index in [4.69, 9.17) is 4.74 Å². The lowest BCUT2D eigenvalue weighted by atomic mass is 10.3.